The van der Waals surface area contributed by atoms with Gasteiger partial charge in [0, 0.05) is 35.5 Å². The van der Waals surface area contributed by atoms with Crippen LogP contribution in [0.25, 0.3) is 0 Å². The molecule has 0 radical (unpaired) electrons. The monoisotopic (exact) mass is 428 g/mol. The van der Waals surface area contributed by atoms with Crippen molar-refractivity contribution in [3.8, 4) is 88.8 Å². The quantitative estimate of drug-likeness (QED) is 0.200. The van der Waals surface area contributed by atoms with Crippen molar-refractivity contribution < 1.29 is 36.9 Å². The largest absolute Gasteiger partial charge is 0.400 e. The molecule has 0 heterocycles. The number of hydrogen-bond donors (Lipinski definition) is 1. The van der Waals surface area contributed by atoms with Crippen LogP contribution in [-0.4, -0.2) is 5.26 Å². The predicted molar refractivity (Wildman–Crippen MR) is 97.7 cm³/mol. The molecule has 1 aromatic carbocycles. The summed E-state index contributed by atoms with van der Waals surface area (Å²) in [6.45, 7) is 1.63. The van der Waals surface area contributed by atoms with Gasteiger partial charge in [0.1, 0.15) is 11.0 Å². The van der Waals surface area contributed by atoms with Crippen molar-refractivity contribution in [3.05, 3.63) is 23.3 Å². The molecule has 0 spiro atoms. The molecule has 0 saturated heterocycles. The summed E-state index contributed by atoms with van der Waals surface area (Å²) in [5.41, 5.74) is 0. The van der Waals surface area contributed by atoms with E-state index in [-0.39, 0.29) is 12.0 Å². The lowest BCUT2D eigenvalue weighted by Crippen LogP contribution is -2.03. The molecule has 1 aromatic rings. The van der Waals surface area contributed by atoms with Crippen LogP contribution in [0.15, 0.2) is 4.90 Å². The maximum atomic E-state index is 13.7. The minimum atomic E-state index is -1.89. The summed E-state index contributed by atoms with van der Waals surface area (Å²) in [5.74, 6) is 21.5. The van der Waals surface area contributed by atoms with E-state index in [0.717, 1.165) is 0 Å². The summed E-state index contributed by atoms with van der Waals surface area (Å²) >= 11 is -0.303. The standard InChI is InChI=1S/C21H4F4O4S/c1-2-3-4-5-6-7-8-9-10-11-12-13-14-15-27-20-16(22)18(24)21(30-29-28-26)19(25)17(20)23/h26H,1H3. The first-order chi connectivity index (χ1) is 14.5. The fraction of sp³-hybridized carbons (Fsp3) is 0.0476. The first-order valence-corrected chi connectivity index (χ1v) is 7.88. The molecule has 0 aliphatic heterocycles. The highest BCUT2D eigenvalue weighted by Gasteiger charge is 2.28. The normalized spacial score (nSPS) is 7.53. The van der Waals surface area contributed by atoms with E-state index in [1.54, 1.807) is 13.0 Å². The van der Waals surface area contributed by atoms with Gasteiger partial charge < -0.3 is 4.74 Å². The third-order valence-corrected chi connectivity index (χ3v) is 3.00. The van der Waals surface area contributed by atoms with E-state index in [4.69, 9.17) is 5.26 Å². The number of rotatable bonds is 4. The third kappa shape index (κ3) is 7.87. The Labute approximate surface area is 173 Å². The van der Waals surface area contributed by atoms with Crippen molar-refractivity contribution in [2.45, 2.75) is 11.8 Å². The lowest BCUT2D eigenvalue weighted by atomic mass is 10.3. The SMILES string of the molecule is CC#CC#CC#CC#CC#CC#CC#COc1c(F)c(F)c(SOOO)c(F)c1F. The van der Waals surface area contributed by atoms with E-state index >= 15 is 0 Å². The van der Waals surface area contributed by atoms with Crippen LogP contribution in [-0.2, 0) is 9.37 Å². The van der Waals surface area contributed by atoms with Crippen LogP contribution >= 0.6 is 12.0 Å². The van der Waals surface area contributed by atoms with Gasteiger partial charge >= 0.3 is 0 Å². The minimum absolute atomic E-state index is 0.303. The molecule has 0 aliphatic rings. The van der Waals surface area contributed by atoms with E-state index < -0.39 is 33.9 Å². The molecule has 0 aromatic heterocycles. The van der Waals surface area contributed by atoms with Crippen LogP contribution in [0.1, 0.15) is 6.92 Å². The highest BCUT2D eigenvalue weighted by atomic mass is 32.2. The topological polar surface area (TPSA) is 47.9 Å². The Morgan fingerprint density at radius 1 is 0.667 bits per heavy atom. The first kappa shape index (κ1) is 23.9. The van der Waals surface area contributed by atoms with Crippen LogP contribution in [0.4, 0.5) is 17.6 Å². The molecule has 0 atom stereocenters. The summed E-state index contributed by atoms with van der Waals surface area (Å²) in [4.78, 5) is -1.25. The minimum Gasteiger partial charge on any atom is -0.400 e. The van der Waals surface area contributed by atoms with E-state index in [0.29, 0.717) is 0 Å². The lowest BCUT2D eigenvalue weighted by Gasteiger charge is -2.07. The molecule has 9 heteroatoms. The second-order valence-electron chi connectivity index (χ2n) is 4.09. The Balaban J connectivity index is 2.80. The van der Waals surface area contributed by atoms with E-state index in [2.05, 4.69) is 85.2 Å². The zero-order chi connectivity index (χ0) is 22.2. The summed E-state index contributed by atoms with van der Waals surface area (Å²) in [5, 5.41) is 11.0. The van der Waals surface area contributed by atoms with Crippen molar-refractivity contribution in [1.29, 1.82) is 0 Å². The van der Waals surface area contributed by atoms with Gasteiger partial charge in [-0.25, -0.2) is 14.0 Å². The Morgan fingerprint density at radius 3 is 1.53 bits per heavy atom. The Bertz CT molecular complexity index is 1230. The number of hydrogen-bond acceptors (Lipinski definition) is 5. The second-order valence-corrected chi connectivity index (χ2v) is 4.81. The van der Waals surface area contributed by atoms with Gasteiger partial charge in [-0.1, -0.05) is 11.0 Å². The molecule has 4 nitrogen and oxygen atoms in total. The van der Waals surface area contributed by atoms with Gasteiger partial charge in [-0.15, -0.1) is 4.33 Å². The van der Waals surface area contributed by atoms with E-state index in [1.165, 1.54) is 0 Å². The van der Waals surface area contributed by atoms with Crippen molar-refractivity contribution in [2.24, 2.45) is 0 Å². The average Bonchev–Trinajstić information content (AvgIpc) is 2.74. The summed E-state index contributed by atoms with van der Waals surface area (Å²) in [6.07, 6.45) is 1.74. The van der Waals surface area contributed by atoms with Gasteiger partial charge in [0.05, 0.1) is 12.0 Å². The van der Waals surface area contributed by atoms with Crippen LogP contribution < -0.4 is 4.74 Å². The Morgan fingerprint density at radius 2 is 1.10 bits per heavy atom. The zero-order valence-electron chi connectivity index (χ0n) is 14.6. The number of ether oxygens (including phenoxy) is 1. The molecule has 0 fully saturated rings. The van der Waals surface area contributed by atoms with Crippen molar-refractivity contribution in [2.75, 3.05) is 0 Å². The van der Waals surface area contributed by atoms with Gasteiger partial charge in [0.25, 0.3) is 0 Å². The predicted octanol–water partition coefficient (Wildman–Crippen LogP) is 3.05. The zero-order valence-corrected chi connectivity index (χ0v) is 15.4. The molecule has 0 aliphatic carbocycles. The molecule has 146 valence electrons. The molecule has 30 heavy (non-hydrogen) atoms. The van der Waals surface area contributed by atoms with Gasteiger partial charge in [0.15, 0.2) is 11.6 Å². The van der Waals surface area contributed by atoms with Crippen LogP contribution in [0, 0.1) is 106 Å². The molecular formula is C21H4F4O4S. The molecule has 0 unspecified atom stereocenters. The van der Waals surface area contributed by atoms with Crippen LogP contribution in [0.5, 0.6) is 5.75 Å². The molecule has 0 amide bonds. The van der Waals surface area contributed by atoms with Crippen molar-refractivity contribution in [1.82, 2.24) is 0 Å². The molecule has 1 rings (SSSR count). The molecule has 0 bridgehead atoms. The fourth-order valence-electron chi connectivity index (χ4n) is 1.28. The Hall–Kier alpha value is -4.11. The summed E-state index contributed by atoms with van der Waals surface area (Å²) < 4.78 is 62.9. The second kappa shape index (κ2) is 14.0. The maximum Gasteiger partial charge on any atom is 0.217 e. The number of benzene rings is 1. The average molecular weight is 428 g/mol. The van der Waals surface area contributed by atoms with Gasteiger partial charge in [0.2, 0.25) is 17.4 Å². The summed E-state index contributed by atoms with van der Waals surface area (Å²) in [6, 6.07) is 0. The fourth-order valence-corrected chi connectivity index (χ4v) is 1.70. The van der Waals surface area contributed by atoms with Crippen LogP contribution in [0.3, 0.4) is 0 Å². The van der Waals surface area contributed by atoms with Crippen molar-refractivity contribution in [3.63, 3.8) is 0 Å². The summed E-state index contributed by atoms with van der Waals surface area (Å²) in [7, 11) is 0. The number of halogens is 4. The van der Waals surface area contributed by atoms with Gasteiger partial charge in [-0.3, -0.25) is 0 Å². The van der Waals surface area contributed by atoms with Gasteiger partial charge in [-0.05, 0) is 42.4 Å². The maximum absolute atomic E-state index is 13.7. The highest BCUT2D eigenvalue weighted by molar-refractivity contribution is 7.94. The molecular weight excluding hydrogens is 424 g/mol. The molecule has 1 N–H and O–H groups in total. The van der Waals surface area contributed by atoms with E-state index in [9.17, 15) is 17.6 Å². The first-order valence-electron chi connectivity index (χ1n) is 7.13. The van der Waals surface area contributed by atoms with Crippen LogP contribution in [0.2, 0.25) is 0 Å². The van der Waals surface area contributed by atoms with E-state index in [1.807, 2.05) is 5.92 Å². The lowest BCUT2D eigenvalue weighted by molar-refractivity contribution is -0.432. The third-order valence-electron chi connectivity index (χ3n) is 2.35. The highest BCUT2D eigenvalue weighted by Crippen LogP contribution is 2.35. The molecule has 0 saturated carbocycles. The Kier molecular flexibility index (Phi) is 11.1. The smallest absolute Gasteiger partial charge is 0.217 e. The van der Waals surface area contributed by atoms with Crippen molar-refractivity contribution >= 4 is 12.0 Å². The van der Waals surface area contributed by atoms with Gasteiger partial charge in [-0.2, -0.15) is 8.78 Å².